The molecule has 0 heterocycles. The number of rotatable bonds is 2. The van der Waals surface area contributed by atoms with E-state index in [2.05, 4.69) is 6.07 Å². The molecule has 0 bridgehead atoms. The Balaban J connectivity index is 1.92. The van der Waals surface area contributed by atoms with E-state index in [1.807, 2.05) is 0 Å². The Kier molecular flexibility index (Phi) is 4.06. The summed E-state index contributed by atoms with van der Waals surface area (Å²) in [5.41, 5.74) is 0. The van der Waals surface area contributed by atoms with Crippen molar-refractivity contribution in [3.05, 3.63) is 0 Å². The van der Waals surface area contributed by atoms with Crippen molar-refractivity contribution in [2.45, 2.75) is 64.2 Å². The zero-order valence-corrected chi connectivity index (χ0v) is 9.75. The molecule has 0 unspecified atom stereocenters. The molecule has 0 spiro atoms. The van der Waals surface area contributed by atoms with E-state index in [-0.39, 0.29) is 0 Å². The maximum Gasteiger partial charge on any atom is 0.0661 e. The molecule has 2 fully saturated rings. The van der Waals surface area contributed by atoms with Crippen LogP contribution in [0.25, 0.3) is 0 Å². The molecule has 0 aromatic heterocycles. The Labute approximate surface area is 93.9 Å². The van der Waals surface area contributed by atoms with Crippen LogP contribution in [0.3, 0.4) is 0 Å². The molecular weight excluding hydrogens is 182 g/mol. The summed E-state index contributed by atoms with van der Waals surface area (Å²) >= 11 is 0. The van der Waals surface area contributed by atoms with Gasteiger partial charge in [-0.1, -0.05) is 38.5 Å². The minimum absolute atomic E-state index is 0.394. The third-order valence-corrected chi connectivity index (χ3v) is 4.46. The SMILES string of the molecule is N#CC(C1CCCCC1)C1CCCCC1. The predicted molar refractivity (Wildman–Crippen MR) is 62.3 cm³/mol. The normalized spacial score (nSPS) is 25.3. The second-order valence-corrected chi connectivity index (χ2v) is 5.45. The molecule has 2 aliphatic rings. The van der Waals surface area contributed by atoms with Gasteiger partial charge in [-0.3, -0.25) is 0 Å². The van der Waals surface area contributed by atoms with Crippen LogP contribution >= 0.6 is 0 Å². The monoisotopic (exact) mass is 205 g/mol. The topological polar surface area (TPSA) is 23.8 Å². The first-order chi connectivity index (χ1) is 7.42. The van der Waals surface area contributed by atoms with Gasteiger partial charge < -0.3 is 0 Å². The van der Waals surface area contributed by atoms with E-state index in [9.17, 15) is 5.26 Å². The molecule has 0 aliphatic heterocycles. The van der Waals surface area contributed by atoms with Gasteiger partial charge in [0.25, 0.3) is 0 Å². The molecule has 15 heavy (non-hydrogen) atoms. The van der Waals surface area contributed by atoms with E-state index >= 15 is 0 Å². The lowest BCUT2D eigenvalue weighted by molar-refractivity contribution is 0.187. The van der Waals surface area contributed by atoms with Gasteiger partial charge in [0.05, 0.1) is 12.0 Å². The fraction of sp³-hybridized carbons (Fsp3) is 0.929. The number of nitrogens with zero attached hydrogens (tertiary/aromatic N) is 1. The summed E-state index contributed by atoms with van der Waals surface area (Å²) in [5.74, 6) is 1.88. The fourth-order valence-corrected chi connectivity index (χ4v) is 3.58. The first kappa shape index (κ1) is 11.0. The van der Waals surface area contributed by atoms with Crippen molar-refractivity contribution in [3.8, 4) is 6.07 Å². The summed E-state index contributed by atoms with van der Waals surface area (Å²) < 4.78 is 0. The molecule has 0 atom stereocenters. The van der Waals surface area contributed by atoms with Crippen molar-refractivity contribution >= 4 is 0 Å². The van der Waals surface area contributed by atoms with Gasteiger partial charge in [-0.15, -0.1) is 0 Å². The lowest BCUT2D eigenvalue weighted by atomic mass is 9.70. The summed E-state index contributed by atoms with van der Waals surface area (Å²) in [6.45, 7) is 0. The highest BCUT2D eigenvalue weighted by Gasteiger charge is 2.31. The summed E-state index contributed by atoms with van der Waals surface area (Å²) in [7, 11) is 0. The van der Waals surface area contributed by atoms with E-state index in [1.54, 1.807) is 0 Å². The Morgan fingerprint density at radius 1 is 0.733 bits per heavy atom. The molecule has 0 radical (unpaired) electrons. The zero-order chi connectivity index (χ0) is 10.5. The van der Waals surface area contributed by atoms with Crippen LogP contribution in [0.5, 0.6) is 0 Å². The molecule has 0 N–H and O–H groups in total. The molecule has 1 heteroatoms. The van der Waals surface area contributed by atoms with Crippen LogP contribution < -0.4 is 0 Å². The van der Waals surface area contributed by atoms with Crippen molar-refractivity contribution in [1.29, 1.82) is 5.26 Å². The average Bonchev–Trinajstić information content (AvgIpc) is 2.33. The summed E-state index contributed by atoms with van der Waals surface area (Å²) in [4.78, 5) is 0. The first-order valence-electron chi connectivity index (χ1n) is 6.81. The van der Waals surface area contributed by atoms with Gasteiger partial charge in [-0.05, 0) is 37.5 Å². The Bertz CT molecular complexity index is 198. The molecule has 0 aromatic carbocycles. The van der Waals surface area contributed by atoms with E-state index < -0.39 is 0 Å². The smallest absolute Gasteiger partial charge is 0.0661 e. The van der Waals surface area contributed by atoms with Crippen LogP contribution in [0.1, 0.15) is 64.2 Å². The number of nitriles is 1. The second-order valence-electron chi connectivity index (χ2n) is 5.45. The molecule has 0 aromatic rings. The molecule has 2 rings (SSSR count). The largest absolute Gasteiger partial charge is 0.198 e. The van der Waals surface area contributed by atoms with Crippen LogP contribution in [0, 0.1) is 29.1 Å². The zero-order valence-electron chi connectivity index (χ0n) is 9.75. The van der Waals surface area contributed by atoms with Gasteiger partial charge in [-0.2, -0.15) is 5.26 Å². The van der Waals surface area contributed by atoms with Crippen molar-refractivity contribution in [2.75, 3.05) is 0 Å². The molecule has 2 saturated carbocycles. The highest BCUT2D eigenvalue weighted by atomic mass is 14.4. The van der Waals surface area contributed by atoms with E-state index in [0.29, 0.717) is 5.92 Å². The second kappa shape index (κ2) is 5.54. The Hall–Kier alpha value is -0.510. The molecule has 1 nitrogen and oxygen atoms in total. The van der Waals surface area contributed by atoms with Crippen molar-refractivity contribution in [3.63, 3.8) is 0 Å². The van der Waals surface area contributed by atoms with E-state index in [4.69, 9.17) is 0 Å². The van der Waals surface area contributed by atoms with Crippen molar-refractivity contribution in [2.24, 2.45) is 17.8 Å². The summed E-state index contributed by atoms with van der Waals surface area (Å²) in [5, 5.41) is 9.38. The van der Waals surface area contributed by atoms with Crippen LogP contribution in [0.4, 0.5) is 0 Å². The van der Waals surface area contributed by atoms with Crippen LogP contribution in [-0.4, -0.2) is 0 Å². The predicted octanol–water partition coefficient (Wildman–Crippen LogP) is 4.29. The summed E-state index contributed by atoms with van der Waals surface area (Å²) in [6, 6.07) is 2.64. The van der Waals surface area contributed by atoms with Crippen molar-refractivity contribution in [1.82, 2.24) is 0 Å². The molecular formula is C14H23N. The number of hydrogen-bond acceptors (Lipinski definition) is 1. The Morgan fingerprint density at radius 2 is 1.13 bits per heavy atom. The van der Waals surface area contributed by atoms with Crippen molar-refractivity contribution < 1.29 is 0 Å². The van der Waals surface area contributed by atoms with Crippen LogP contribution in [0.2, 0.25) is 0 Å². The lowest BCUT2D eigenvalue weighted by Gasteiger charge is -2.33. The highest BCUT2D eigenvalue weighted by Crippen LogP contribution is 2.39. The number of hydrogen-bond donors (Lipinski definition) is 0. The van der Waals surface area contributed by atoms with Gasteiger partial charge in [0, 0.05) is 0 Å². The van der Waals surface area contributed by atoms with Gasteiger partial charge >= 0.3 is 0 Å². The standard InChI is InChI=1S/C14H23N/c15-11-14(12-7-3-1-4-8-12)13-9-5-2-6-10-13/h12-14H,1-10H2. The van der Waals surface area contributed by atoms with E-state index in [0.717, 1.165) is 11.8 Å². The first-order valence-corrected chi connectivity index (χ1v) is 6.81. The molecule has 84 valence electrons. The summed E-state index contributed by atoms with van der Waals surface area (Å²) in [6.07, 6.45) is 13.6. The van der Waals surface area contributed by atoms with Gasteiger partial charge in [0.15, 0.2) is 0 Å². The van der Waals surface area contributed by atoms with E-state index in [1.165, 1.54) is 64.2 Å². The fourth-order valence-electron chi connectivity index (χ4n) is 3.58. The molecule has 2 aliphatic carbocycles. The quantitative estimate of drug-likeness (QED) is 0.660. The van der Waals surface area contributed by atoms with Crippen LogP contribution in [0.15, 0.2) is 0 Å². The van der Waals surface area contributed by atoms with Gasteiger partial charge in [0.1, 0.15) is 0 Å². The average molecular weight is 205 g/mol. The molecule has 0 amide bonds. The van der Waals surface area contributed by atoms with Gasteiger partial charge in [0.2, 0.25) is 0 Å². The minimum Gasteiger partial charge on any atom is -0.198 e. The maximum atomic E-state index is 9.38. The minimum atomic E-state index is 0.394. The Morgan fingerprint density at radius 3 is 1.47 bits per heavy atom. The van der Waals surface area contributed by atoms with Gasteiger partial charge in [-0.25, -0.2) is 0 Å². The maximum absolute atomic E-state index is 9.38. The van der Waals surface area contributed by atoms with Crippen LogP contribution in [-0.2, 0) is 0 Å². The lowest BCUT2D eigenvalue weighted by Crippen LogP contribution is -2.26. The third-order valence-electron chi connectivity index (χ3n) is 4.46. The third kappa shape index (κ3) is 2.74. The molecule has 0 saturated heterocycles. The highest BCUT2D eigenvalue weighted by molar-refractivity contribution is 4.94.